The van der Waals surface area contributed by atoms with E-state index in [4.69, 9.17) is 4.42 Å². The lowest BCUT2D eigenvalue weighted by Crippen LogP contribution is -2.25. The van der Waals surface area contributed by atoms with Crippen LogP contribution >= 0.6 is 0 Å². The molecule has 1 unspecified atom stereocenters. The molecule has 0 spiro atoms. The molecule has 0 saturated heterocycles. The number of nitrogens with zero attached hydrogens (tertiary/aromatic N) is 3. The van der Waals surface area contributed by atoms with E-state index in [1.807, 2.05) is 31.8 Å². The van der Waals surface area contributed by atoms with Gasteiger partial charge in [-0.2, -0.15) is 5.10 Å². The van der Waals surface area contributed by atoms with E-state index in [0.29, 0.717) is 12.6 Å². The van der Waals surface area contributed by atoms with Gasteiger partial charge in [0.25, 0.3) is 0 Å². The van der Waals surface area contributed by atoms with Crippen molar-refractivity contribution in [1.29, 1.82) is 0 Å². The highest BCUT2D eigenvalue weighted by Crippen LogP contribution is 2.29. The van der Waals surface area contributed by atoms with Crippen molar-refractivity contribution in [2.45, 2.75) is 45.7 Å². The molecule has 19 heavy (non-hydrogen) atoms. The number of nitrogens with one attached hydrogen (secondary N) is 1. The van der Waals surface area contributed by atoms with Gasteiger partial charge in [-0.05, 0) is 33.1 Å². The third-order valence-corrected chi connectivity index (χ3v) is 3.95. The standard InChI is InChI=1S/C14H20N4O/c1-9-10(2)19-14(17-9)8-15-12-5-4-6-13-11(12)7-16-18(13)3/h7,12,15H,4-6,8H2,1-3H3. The molecule has 5 heteroatoms. The van der Waals surface area contributed by atoms with Gasteiger partial charge in [0.15, 0.2) is 0 Å². The Morgan fingerprint density at radius 1 is 1.47 bits per heavy atom. The van der Waals surface area contributed by atoms with Crippen molar-refractivity contribution in [2.75, 3.05) is 0 Å². The van der Waals surface area contributed by atoms with Crippen molar-refractivity contribution in [1.82, 2.24) is 20.1 Å². The van der Waals surface area contributed by atoms with Crippen molar-refractivity contribution < 1.29 is 4.42 Å². The average Bonchev–Trinajstić information content (AvgIpc) is 2.92. The fraction of sp³-hybridized carbons (Fsp3) is 0.571. The minimum absolute atomic E-state index is 0.366. The van der Waals surface area contributed by atoms with Crippen LogP contribution in [0.1, 0.15) is 47.5 Å². The van der Waals surface area contributed by atoms with Crippen LogP contribution < -0.4 is 5.32 Å². The van der Waals surface area contributed by atoms with Gasteiger partial charge in [-0.1, -0.05) is 0 Å². The monoisotopic (exact) mass is 260 g/mol. The van der Waals surface area contributed by atoms with Gasteiger partial charge in [0.1, 0.15) is 5.76 Å². The van der Waals surface area contributed by atoms with E-state index in [9.17, 15) is 0 Å². The number of oxazole rings is 1. The Hall–Kier alpha value is -1.62. The molecule has 0 saturated carbocycles. The molecular weight excluding hydrogens is 240 g/mol. The molecule has 1 aliphatic rings. The number of hydrogen-bond acceptors (Lipinski definition) is 4. The fourth-order valence-corrected chi connectivity index (χ4v) is 2.74. The molecule has 2 heterocycles. The summed E-state index contributed by atoms with van der Waals surface area (Å²) in [5.74, 6) is 1.67. The molecule has 5 nitrogen and oxygen atoms in total. The lowest BCUT2D eigenvalue weighted by atomic mass is 9.93. The van der Waals surface area contributed by atoms with Crippen LogP contribution in [0.2, 0.25) is 0 Å². The quantitative estimate of drug-likeness (QED) is 0.919. The summed E-state index contributed by atoms with van der Waals surface area (Å²) in [7, 11) is 2.02. The molecule has 0 aromatic carbocycles. The lowest BCUT2D eigenvalue weighted by Gasteiger charge is -2.23. The molecule has 0 amide bonds. The van der Waals surface area contributed by atoms with Gasteiger partial charge in [-0.15, -0.1) is 0 Å². The maximum absolute atomic E-state index is 5.60. The third kappa shape index (κ3) is 2.30. The zero-order chi connectivity index (χ0) is 13.4. The van der Waals surface area contributed by atoms with E-state index in [2.05, 4.69) is 15.4 Å². The van der Waals surface area contributed by atoms with Crippen LogP contribution in [-0.4, -0.2) is 14.8 Å². The van der Waals surface area contributed by atoms with Crippen LogP contribution in [0.15, 0.2) is 10.6 Å². The molecule has 102 valence electrons. The number of aromatic nitrogens is 3. The van der Waals surface area contributed by atoms with Crippen molar-refractivity contribution in [3.05, 3.63) is 34.8 Å². The smallest absolute Gasteiger partial charge is 0.208 e. The highest BCUT2D eigenvalue weighted by atomic mass is 16.4. The second-order valence-corrected chi connectivity index (χ2v) is 5.25. The van der Waals surface area contributed by atoms with E-state index >= 15 is 0 Å². The number of fused-ring (bicyclic) bond motifs is 1. The van der Waals surface area contributed by atoms with Gasteiger partial charge in [0.2, 0.25) is 5.89 Å². The molecule has 2 aromatic heterocycles. The maximum Gasteiger partial charge on any atom is 0.208 e. The Labute approximate surface area is 113 Å². The van der Waals surface area contributed by atoms with E-state index in [0.717, 1.165) is 30.2 Å². The molecule has 0 fully saturated rings. The Morgan fingerprint density at radius 3 is 3.05 bits per heavy atom. The molecule has 0 radical (unpaired) electrons. The first-order chi connectivity index (χ1) is 9.15. The topological polar surface area (TPSA) is 55.9 Å². The zero-order valence-electron chi connectivity index (χ0n) is 11.7. The highest BCUT2D eigenvalue weighted by molar-refractivity contribution is 5.24. The van der Waals surface area contributed by atoms with Crippen LogP contribution in [0.5, 0.6) is 0 Å². The fourth-order valence-electron chi connectivity index (χ4n) is 2.74. The van der Waals surface area contributed by atoms with Gasteiger partial charge in [0.05, 0.1) is 18.4 Å². The Bertz CT molecular complexity index is 565. The first-order valence-corrected chi connectivity index (χ1v) is 6.82. The second kappa shape index (κ2) is 4.81. The summed E-state index contributed by atoms with van der Waals surface area (Å²) in [4.78, 5) is 4.41. The lowest BCUT2D eigenvalue weighted by molar-refractivity contribution is 0.398. The minimum atomic E-state index is 0.366. The van der Waals surface area contributed by atoms with Crippen LogP contribution in [-0.2, 0) is 20.0 Å². The Kier molecular flexibility index (Phi) is 3.14. The average molecular weight is 260 g/mol. The summed E-state index contributed by atoms with van der Waals surface area (Å²) in [6, 6.07) is 0.366. The minimum Gasteiger partial charge on any atom is -0.444 e. The molecular formula is C14H20N4O. The van der Waals surface area contributed by atoms with Crippen LogP contribution in [0, 0.1) is 13.8 Å². The van der Waals surface area contributed by atoms with Crippen molar-refractivity contribution in [3.63, 3.8) is 0 Å². The highest BCUT2D eigenvalue weighted by Gasteiger charge is 2.23. The summed E-state index contributed by atoms with van der Waals surface area (Å²) >= 11 is 0. The van der Waals surface area contributed by atoms with Gasteiger partial charge in [-0.25, -0.2) is 4.98 Å². The van der Waals surface area contributed by atoms with E-state index in [-0.39, 0.29) is 0 Å². The van der Waals surface area contributed by atoms with Crippen molar-refractivity contribution >= 4 is 0 Å². The van der Waals surface area contributed by atoms with Gasteiger partial charge >= 0.3 is 0 Å². The van der Waals surface area contributed by atoms with Gasteiger partial charge in [-0.3, -0.25) is 4.68 Å². The molecule has 1 N–H and O–H groups in total. The van der Waals surface area contributed by atoms with Crippen molar-refractivity contribution in [2.24, 2.45) is 7.05 Å². The van der Waals surface area contributed by atoms with Gasteiger partial charge < -0.3 is 9.73 Å². The summed E-state index contributed by atoms with van der Waals surface area (Å²) in [6.45, 7) is 4.60. The number of aryl methyl sites for hydroxylation is 3. The second-order valence-electron chi connectivity index (χ2n) is 5.25. The first-order valence-electron chi connectivity index (χ1n) is 6.82. The first kappa shape index (κ1) is 12.4. The molecule has 3 rings (SSSR count). The number of rotatable bonds is 3. The summed E-state index contributed by atoms with van der Waals surface area (Å²) < 4.78 is 7.59. The van der Waals surface area contributed by atoms with E-state index < -0.39 is 0 Å². The molecule has 0 bridgehead atoms. The normalized spacial score (nSPS) is 18.6. The maximum atomic E-state index is 5.60. The molecule has 2 aromatic rings. The number of hydrogen-bond donors (Lipinski definition) is 1. The molecule has 0 aliphatic heterocycles. The van der Waals surface area contributed by atoms with E-state index in [1.54, 1.807) is 0 Å². The summed E-state index contributed by atoms with van der Waals surface area (Å²) in [5, 5.41) is 7.90. The van der Waals surface area contributed by atoms with Gasteiger partial charge in [0, 0.05) is 24.3 Å². The zero-order valence-corrected chi connectivity index (χ0v) is 11.7. The molecule has 1 aliphatic carbocycles. The van der Waals surface area contributed by atoms with Crippen LogP contribution in [0.4, 0.5) is 0 Å². The Morgan fingerprint density at radius 2 is 2.32 bits per heavy atom. The molecule has 1 atom stereocenters. The van der Waals surface area contributed by atoms with E-state index in [1.165, 1.54) is 17.7 Å². The van der Waals surface area contributed by atoms with Crippen LogP contribution in [0.3, 0.4) is 0 Å². The summed E-state index contributed by atoms with van der Waals surface area (Å²) in [5.41, 5.74) is 3.65. The SMILES string of the molecule is Cc1nc(CNC2CCCc3c2cnn3C)oc1C. The third-order valence-electron chi connectivity index (χ3n) is 3.95. The summed E-state index contributed by atoms with van der Waals surface area (Å²) in [6.07, 6.45) is 5.46. The Balaban J connectivity index is 1.71. The largest absolute Gasteiger partial charge is 0.444 e. The van der Waals surface area contributed by atoms with Crippen LogP contribution in [0.25, 0.3) is 0 Å². The predicted octanol–water partition coefficient (Wildman–Crippen LogP) is 2.19. The van der Waals surface area contributed by atoms with Crippen molar-refractivity contribution in [3.8, 4) is 0 Å². The predicted molar refractivity (Wildman–Crippen MR) is 71.7 cm³/mol.